The second kappa shape index (κ2) is 10.1. The molecule has 2 rings (SSSR count). The maximum absolute atomic E-state index is 12.2. The zero-order valence-electron chi connectivity index (χ0n) is 16.9. The minimum atomic E-state index is -3.74. The number of hydrogen-bond acceptors (Lipinski definition) is 7. The van der Waals surface area contributed by atoms with Crippen LogP contribution in [0.2, 0.25) is 0 Å². The zero-order valence-corrected chi connectivity index (χ0v) is 17.7. The van der Waals surface area contributed by atoms with E-state index >= 15 is 0 Å². The van der Waals surface area contributed by atoms with Gasteiger partial charge in [0, 0.05) is 12.1 Å². The van der Waals surface area contributed by atoms with Crippen LogP contribution in [0.25, 0.3) is 0 Å². The van der Waals surface area contributed by atoms with Gasteiger partial charge >= 0.3 is 5.97 Å². The minimum absolute atomic E-state index is 0.0200. The number of methoxy groups -OCH3 is 2. The number of hydrogen-bond donors (Lipinski definition) is 2. The summed E-state index contributed by atoms with van der Waals surface area (Å²) in [6.07, 6.45) is 0.469. The Morgan fingerprint density at radius 1 is 1.03 bits per heavy atom. The van der Waals surface area contributed by atoms with Crippen LogP contribution in [0.4, 0.5) is 0 Å². The number of amides is 1. The Balaban J connectivity index is 1.84. The van der Waals surface area contributed by atoms with Crippen LogP contribution in [-0.4, -0.2) is 47.7 Å². The largest absolute Gasteiger partial charge is 0.496 e. The topological polar surface area (TPSA) is 134 Å². The van der Waals surface area contributed by atoms with Crippen molar-refractivity contribution in [2.45, 2.75) is 18.2 Å². The van der Waals surface area contributed by atoms with Gasteiger partial charge in [-0.2, -0.15) is 0 Å². The van der Waals surface area contributed by atoms with Crippen molar-refractivity contribution in [2.24, 2.45) is 5.14 Å². The van der Waals surface area contributed by atoms with Crippen LogP contribution >= 0.6 is 0 Å². The molecule has 0 saturated heterocycles. The Kier molecular flexibility index (Phi) is 7.79. The summed E-state index contributed by atoms with van der Waals surface area (Å²) in [6.45, 7) is 1.64. The van der Waals surface area contributed by atoms with Crippen molar-refractivity contribution in [3.05, 3.63) is 53.1 Å². The molecule has 0 unspecified atom stereocenters. The molecule has 0 heterocycles. The van der Waals surface area contributed by atoms with Gasteiger partial charge in [-0.15, -0.1) is 0 Å². The lowest BCUT2D eigenvalue weighted by Crippen LogP contribution is -2.30. The number of primary sulfonamides is 1. The van der Waals surface area contributed by atoms with Crippen LogP contribution in [-0.2, 0) is 26.0 Å². The van der Waals surface area contributed by atoms with E-state index in [0.29, 0.717) is 17.9 Å². The fourth-order valence-corrected chi connectivity index (χ4v) is 3.18. The lowest BCUT2D eigenvalue weighted by molar-refractivity contribution is -0.124. The van der Waals surface area contributed by atoms with Gasteiger partial charge in [0.05, 0.1) is 24.7 Å². The number of sulfonamides is 1. The summed E-state index contributed by atoms with van der Waals surface area (Å²) in [4.78, 5) is 24.2. The van der Waals surface area contributed by atoms with Gasteiger partial charge in [-0.05, 0) is 43.2 Å². The summed E-state index contributed by atoms with van der Waals surface area (Å²) in [5.74, 6) is -0.200. The molecular weight excluding hydrogens is 412 g/mol. The van der Waals surface area contributed by atoms with Crippen molar-refractivity contribution < 1.29 is 32.2 Å². The number of rotatable bonds is 9. The molecule has 162 valence electrons. The van der Waals surface area contributed by atoms with E-state index < -0.39 is 28.5 Å². The van der Waals surface area contributed by atoms with Gasteiger partial charge in [-0.3, -0.25) is 4.79 Å². The highest BCUT2D eigenvalue weighted by molar-refractivity contribution is 7.89. The van der Waals surface area contributed by atoms with E-state index in [2.05, 4.69) is 5.32 Å². The molecule has 0 aliphatic rings. The van der Waals surface area contributed by atoms with Crippen molar-refractivity contribution in [1.29, 1.82) is 0 Å². The quantitative estimate of drug-likeness (QED) is 0.564. The monoisotopic (exact) mass is 436 g/mol. The van der Waals surface area contributed by atoms with E-state index in [1.807, 2.05) is 0 Å². The van der Waals surface area contributed by atoms with E-state index in [1.54, 1.807) is 19.1 Å². The molecule has 10 heteroatoms. The van der Waals surface area contributed by atoms with Gasteiger partial charge in [-0.1, -0.05) is 12.1 Å². The first kappa shape index (κ1) is 23.2. The number of benzene rings is 2. The Bertz CT molecular complexity index is 993. The number of nitrogens with two attached hydrogens (primary N) is 1. The van der Waals surface area contributed by atoms with Gasteiger partial charge in [-0.25, -0.2) is 18.4 Å². The molecule has 2 aromatic carbocycles. The second-order valence-corrected chi connectivity index (χ2v) is 7.93. The average molecular weight is 436 g/mol. The molecule has 9 nitrogen and oxygen atoms in total. The Morgan fingerprint density at radius 3 is 2.10 bits per heavy atom. The molecule has 2 aromatic rings. The van der Waals surface area contributed by atoms with Gasteiger partial charge in [0.1, 0.15) is 11.5 Å². The van der Waals surface area contributed by atoms with Gasteiger partial charge < -0.3 is 19.5 Å². The number of carbonyl (C=O) groups is 2. The van der Waals surface area contributed by atoms with Crippen molar-refractivity contribution in [3.63, 3.8) is 0 Å². The first-order valence-electron chi connectivity index (χ1n) is 8.94. The molecule has 0 aliphatic carbocycles. The average Bonchev–Trinajstić information content (AvgIpc) is 2.72. The minimum Gasteiger partial charge on any atom is -0.496 e. The zero-order chi connectivity index (χ0) is 22.3. The van der Waals surface area contributed by atoms with E-state index in [1.165, 1.54) is 38.5 Å². The third-order valence-electron chi connectivity index (χ3n) is 4.31. The molecule has 0 bridgehead atoms. The summed E-state index contributed by atoms with van der Waals surface area (Å²) in [5, 5.41) is 7.67. The molecule has 0 saturated carbocycles. The molecule has 0 atom stereocenters. The Labute approximate surface area is 175 Å². The first-order valence-corrected chi connectivity index (χ1v) is 10.5. The highest BCUT2D eigenvalue weighted by atomic mass is 32.2. The maximum atomic E-state index is 12.2. The SMILES string of the molecule is COc1cc(C(=O)OCC(=O)NCCc2ccc(S(N)(=O)=O)cc2)cc(OC)c1C. The lowest BCUT2D eigenvalue weighted by atomic mass is 10.1. The molecule has 0 spiro atoms. The van der Waals surface area contributed by atoms with Crippen molar-refractivity contribution >= 4 is 21.9 Å². The van der Waals surface area contributed by atoms with E-state index in [9.17, 15) is 18.0 Å². The van der Waals surface area contributed by atoms with E-state index in [4.69, 9.17) is 19.3 Å². The number of carbonyl (C=O) groups excluding carboxylic acids is 2. The van der Waals surface area contributed by atoms with Crippen molar-refractivity contribution in [3.8, 4) is 11.5 Å². The van der Waals surface area contributed by atoms with Crippen LogP contribution in [0.5, 0.6) is 11.5 Å². The second-order valence-electron chi connectivity index (χ2n) is 6.37. The van der Waals surface area contributed by atoms with Crippen LogP contribution in [0.1, 0.15) is 21.5 Å². The highest BCUT2D eigenvalue weighted by Gasteiger charge is 2.16. The van der Waals surface area contributed by atoms with Gasteiger partial charge in [0.2, 0.25) is 10.0 Å². The highest BCUT2D eigenvalue weighted by Crippen LogP contribution is 2.29. The van der Waals surface area contributed by atoms with Crippen LogP contribution < -0.4 is 19.9 Å². The lowest BCUT2D eigenvalue weighted by Gasteiger charge is -2.12. The smallest absolute Gasteiger partial charge is 0.338 e. The fourth-order valence-electron chi connectivity index (χ4n) is 2.66. The normalized spacial score (nSPS) is 10.9. The molecule has 0 aromatic heterocycles. The van der Waals surface area contributed by atoms with Gasteiger partial charge in [0.15, 0.2) is 6.61 Å². The summed E-state index contributed by atoms with van der Waals surface area (Å²) < 4.78 is 37.9. The maximum Gasteiger partial charge on any atom is 0.338 e. The summed E-state index contributed by atoms with van der Waals surface area (Å²) >= 11 is 0. The van der Waals surface area contributed by atoms with Crippen molar-refractivity contribution in [1.82, 2.24) is 5.32 Å². The summed E-state index contributed by atoms with van der Waals surface area (Å²) in [5.41, 5.74) is 1.77. The van der Waals surface area contributed by atoms with Crippen molar-refractivity contribution in [2.75, 3.05) is 27.4 Å². The van der Waals surface area contributed by atoms with Crippen LogP contribution in [0.3, 0.4) is 0 Å². The number of ether oxygens (including phenoxy) is 3. The third kappa shape index (κ3) is 6.19. The molecule has 0 fully saturated rings. The van der Waals surface area contributed by atoms with Gasteiger partial charge in [0.25, 0.3) is 5.91 Å². The standard InChI is InChI=1S/C20H24N2O7S/c1-13-17(27-2)10-15(11-18(13)28-3)20(24)29-12-19(23)22-9-8-14-4-6-16(7-5-14)30(21,25)26/h4-7,10-11H,8-9,12H2,1-3H3,(H,22,23)(H2,21,25,26). The predicted molar refractivity (Wildman–Crippen MR) is 109 cm³/mol. The molecule has 0 aliphatic heterocycles. The van der Waals surface area contributed by atoms with E-state index in [0.717, 1.165) is 11.1 Å². The fraction of sp³-hybridized carbons (Fsp3) is 0.300. The molecule has 0 radical (unpaired) electrons. The number of esters is 1. The first-order chi connectivity index (χ1) is 14.2. The predicted octanol–water partition coefficient (Wildman–Crippen LogP) is 1.18. The van der Waals surface area contributed by atoms with Crippen LogP contribution in [0.15, 0.2) is 41.3 Å². The molecular formula is C20H24N2O7S. The molecule has 30 heavy (non-hydrogen) atoms. The Hall–Kier alpha value is -3.11. The summed E-state index contributed by atoms with van der Waals surface area (Å²) in [7, 11) is -0.779. The van der Waals surface area contributed by atoms with E-state index in [-0.39, 0.29) is 17.0 Å². The third-order valence-corrected chi connectivity index (χ3v) is 5.24. The molecule has 3 N–H and O–H groups in total. The Morgan fingerprint density at radius 2 is 1.60 bits per heavy atom. The number of nitrogens with one attached hydrogen (secondary N) is 1. The van der Waals surface area contributed by atoms with Crippen LogP contribution in [0, 0.1) is 6.92 Å². The molecule has 1 amide bonds. The summed E-state index contributed by atoms with van der Waals surface area (Å²) in [6, 6.07) is 9.07.